The fraction of sp³-hybridized carbons (Fsp3) is 0.387. The van der Waals surface area contributed by atoms with Crippen LogP contribution in [-0.4, -0.2) is 58.8 Å². The molecule has 0 aliphatic rings. The molecule has 2 aromatic carbocycles. The van der Waals surface area contributed by atoms with Crippen molar-refractivity contribution in [2.45, 2.75) is 58.3 Å². The molecule has 0 fully saturated rings. The van der Waals surface area contributed by atoms with Crippen molar-refractivity contribution in [2.24, 2.45) is 11.1 Å². The van der Waals surface area contributed by atoms with Gasteiger partial charge in [-0.05, 0) is 41.5 Å². The lowest BCUT2D eigenvalue weighted by Crippen LogP contribution is -2.55. The molecule has 3 rings (SSSR count). The Bertz CT molecular complexity index is 1180. The summed E-state index contributed by atoms with van der Waals surface area (Å²) in [6.07, 6.45) is 1.13. The molecule has 8 heteroatoms. The molecule has 4 N–H and O–H groups in total. The Morgan fingerprint density at radius 3 is 2.26 bits per heavy atom. The van der Waals surface area contributed by atoms with Gasteiger partial charge in [-0.1, -0.05) is 81.4 Å². The molecule has 8 nitrogen and oxygen atoms in total. The van der Waals surface area contributed by atoms with Crippen molar-refractivity contribution < 1.29 is 19.4 Å². The van der Waals surface area contributed by atoms with Crippen LogP contribution in [0.3, 0.4) is 0 Å². The number of aliphatic hydroxyl groups is 1. The number of hydrogen-bond acceptors (Lipinski definition) is 6. The lowest BCUT2D eigenvalue weighted by Gasteiger charge is -2.35. The zero-order valence-corrected chi connectivity index (χ0v) is 23.2. The van der Waals surface area contributed by atoms with Crippen LogP contribution in [0, 0.1) is 5.41 Å². The van der Waals surface area contributed by atoms with E-state index in [9.17, 15) is 14.7 Å². The van der Waals surface area contributed by atoms with Crippen molar-refractivity contribution in [3.63, 3.8) is 0 Å². The minimum Gasteiger partial charge on any atom is -0.453 e. The van der Waals surface area contributed by atoms with Gasteiger partial charge in [0.15, 0.2) is 0 Å². The number of methoxy groups -OCH3 is 1. The summed E-state index contributed by atoms with van der Waals surface area (Å²) in [5.74, 6) is -0.297. The maximum atomic E-state index is 13.7. The Labute approximate surface area is 231 Å². The number of carbonyl (C=O) groups excluding carboxylic acids is 2. The molecule has 0 radical (unpaired) electrons. The molecular formula is C31H40N4O4. The average molecular weight is 533 g/mol. The fourth-order valence-corrected chi connectivity index (χ4v) is 4.45. The van der Waals surface area contributed by atoms with E-state index in [1.807, 2.05) is 93.6 Å². The number of hydrogen-bond donors (Lipinski definition) is 3. The minimum atomic E-state index is -0.848. The van der Waals surface area contributed by atoms with E-state index in [2.05, 4.69) is 10.3 Å². The van der Waals surface area contributed by atoms with Crippen LogP contribution in [0.5, 0.6) is 0 Å². The fourth-order valence-electron chi connectivity index (χ4n) is 4.45. The van der Waals surface area contributed by atoms with E-state index in [0.717, 1.165) is 22.4 Å². The van der Waals surface area contributed by atoms with E-state index in [0.29, 0.717) is 12.8 Å². The monoisotopic (exact) mass is 532 g/mol. The van der Waals surface area contributed by atoms with Crippen molar-refractivity contribution in [2.75, 3.05) is 13.7 Å². The van der Waals surface area contributed by atoms with Crippen molar-refractivity contribution in [3.05, 3.63) is 90.1 Å². The summed E-state index contributed by atoms with van der Waals surface area (Å²) < 4.78 is 4.76. The first kappa shape index (κ1) is 29.8. The van der Waals surface area contributed by atoms with Crippen LogP contribution in [0.1, 0.15) is 38.3 Å². The van der Waals surface area contributed by atoms with Crippen LogP contribution in [0.2, 0.25) is 0 Å². The van der Waals surface area contributed by atoms with Gasteiger partial charge in [-0.2, -0.15) is 0 Å². The van der Waals surface area contributed by atoms with E-state index in [1.54, 1.807) is 11.1 Å². The summed E-state index contributed by atoms with van der Waals surface area (Å²) in [5, 5.41) is 13.7. The third-order valence-corrected chi connectivity index (χ3v) is 6.51. The molecule has 1 aromatic heterocycles. The number of aliphatic hydroxyl groups excluding tert-OH is 1. The average Bonchev–Trinajstić information content (AvgIpc) is 2.91. The highest BCUT2D eigenvalue weighted by atomic mass is 16.5. The van der Waals surface area contributed by atoms with Gasteiger partial charge >= 0.3 is 6.09 Å². The highest BCUT2D eigenvalue weighted by Crippen LogP contribution is 2.23. The second-order valence-corrected chi connectivity index (χ2v) is 10.9. The molecule has 0 saturated carbocycles. The Hall–Kier alpha value is -3.75. The Balaban J connectivity index is 1.68. The standard InChI is InChI=1S/C31H40N4O4/c1-31(2,3)28(34-30(38)39-4)29(37)35(20-23-10-6-5-7-11-23)21-26(36)19-25(32)18-22-13-15-24(16-14-22)27-12-8-9-17-33-27/h5-17,25-26,28,36H,18-21,32H2,1-4H3,(H,34,38). The number of nitrogens with zero attached hydrogens (tertiary/aromatic N) is 2. The number of aromatic nitrogens is 1. The van der Waals surface area contributed by atoms with Crippen molar-refractivity contribution in [3.8, 4) is 11.3 Å². The van der Waals surface area contributed by atoms with E-state index < -0.39 is 23.7 Å². The number of rotatable bonds is 11. The summed E-state index contributed by atoms with van der Waals surface area (Å²) in [7, 11) is 1.26. The summed E-state index contributed by atoms with van der Waals surface area (Å²) in [4.78, 5) is 31.7. The second kappa shape index (κ2) is 13.9. The van der Waals surface area contributed by atoms with Crippen molar-refractivity contribution in [1.29, 1.82) is 0 Å². The van der Waals surface area contributed by atoms with Gasteiger partial charge in [0.2, 0.25) is 5.91 Å². The van der Waals surface area contributed by atoms with Crippen LogP contribution < -0.4 is 11.1 Å². The molecule has 39 heavy (non-hydrogen) atoms. The number of pyridine rings is 1. The van der Waals surface area contributed by atoms with E-state index in [1.165, 1.54) is 7.11 Å². The van der Waals surface area contributed by atoms with E-state index in [4.69, 9.17) is 10.5 Å². The summed E-state index contributed by atoms with van der Waals surface area (Å²) in [6, 6.07) is 22.3. The lowest BCUT2D eigenvalue weighted by molar-refractivity contribution is -0.138. The Morgan fingerprint density at radius 1 is 1.00 bits per heavy atom. The molecule has 208 valence electrons. The largest absolute Gasteiger partial charge is 0.453 e. The smallest absolute Gasteiger partial charge is 0.407 e. The van der Waals surface area contributed by atoms with Crippen molar-refractivity contribution >= 4 is 12.0 Å². The van der Waals surface area contributed by atoms with Gasteiger partial charge in [-0.25, -0.2) is 4.79 Å². The maximum Gasteiger partial charge on any atom is 0.407 e. The van der Waals surface area contributed by atoms with Crippen LogP contribution in [0.4, 0.5) is 4.79 Å². The van der Waals surface area contributed by atoms with Gasteiger partial charge < -0.3 is 25.8 Å². The third-order valence-electron chi connectivity index (χ3n) is 6.51. The SMILES string of the molecule is COC(=O)NC(C(=O)N(Cc1ccccc1)CC(O)CC(N)Cc1ccc(-c2ccccn2)cc1)C(C)(C)C. The first-order valence-electron chi connectivity index (χ1n) is 13.2. The van der Waals surface area contributed by atoms with Gasteiger partial charge in [0.25, 0.3) is 0 Å². The number of carbonyl (C=O) groups is 2. The number of benzene rings is 2. The molecule has 3 atom stereocenters. The van der Waals surface area contributed by atoms with Crippen LogP contribution in [0.15, 0.2) is 79.0 Å². The molecule has 1 heterocycles. The molecular weight excluding hydrogens is 492 g/mol. The van der Waals surface area contributed by atoms with Gasteiger partial charge in [-0.3, -0.25) is 9.78 Å². The molecule has 0 spiro atoms. The van der Waals surface area contributed by atoms with Gasteiger partial charge in [0.05, 0.1) is 18.9 Å². The first-order valence-corrected chi connectivity index (χ1v) is 13.2. The quantitative estimate of drug-likeness (QED) is 0.341. The minimum absolute atomic E-state index is 0.0788. The third kappa shape index (κ3) is 9.19. The van der Waals surface area contributed by atoms with Crippen LogP contribution >= 0.6 is 0 Å². The molecule has 0 saturated heterocycles. The van der Waals surface area contributed by atoms with Gasteiger partial charge in [0.1, 0.15) is 6.04 Å². The molecule has 0 bridgehead atoms. The van der Waals surface area contributed by atoms with Gasteiger partial charge in [-0.15, -0.1) is 0 Å². The predicted molar refractivity (Wildman–Crippen MR) is 153 cm³/mol. The number of nitrogens with one attached hydrogen (secondary N) is 1. The zero-order chi connectivity index (χ0) is 28.4. The maximum absolute atomic E-state index is 13.7. The normalized spacial score (nSPS) is 13.7. The van der Waals surface area contributed by atoms with E-state index in [-0.39, 0.29) is 25.0 Å². The van der Waals surface area contributed by atoms with Gasteiger partial charge in [0, 0.05) is 30.9 Å². The number of nitrogens with two attached hydrogens (primary N) is 1. The molecule has 2 amide bonds. The number of amides is 2. The molecule has 0 aliphatic heterocycles. The van der Waals surface area contributed by atoms with E-state index >= 15 is 0 Å². The Kier molecular flexibility index (Phi) is 10.6. The highest BCUT2D eigenvalue weighted by molar-refractivity contribution is 5.86. The van der Waals surface area contributed by atoms with Crippen LogP contribution in [0.25, 0.3) is 11.3 Å². The number of ether oxygens (including phenoxy) is 1. The first-order chi connectivity index (χ1) is 18.6. The zero-order valence-electron chi connectivity index (χ0n) is 23.2. The molecule has 3 aromatic rings. The topological polar surface area (TPSA) is 118 Å². The molecule has 0 aliphatic carbocycles. The molecule has 3 unspecified atom stereocenters. The number of alkyl carbamates (subject to hydrolysis) is 1. The second-order valence-electron chi connectivity index (χ2n) is 10.9. The lowest BCUT2D eigenvalue weighted by atomic mass is 9.85. The summed E-state index contributed by atoms with van der Waals surface area (Å²) in [6.45, 7) is 5.99. The summed E-state index contributed by atoms with van der Waals surface area (Å²) in [5.41, 5.74) is 9.75. The van der Waals surface area contributed by atoms with Crippen LogP contribution in [-0.2, 0) is 22.5 Å². The van der Waals surface area contributed by atoms with Crippen molar-refractivity contribution in [1.82, 2.24) is 15.2 Å². The predicted octanol–water partition coefficient (Wildman–Crippen LogP) is 4.17. The Morgan fingerprint density at radius 2 is 1.67 bits per heavy atom. The highest BCUT2D eigenvalue weighted by Gasteiger charge is 2.36. The summed E-state index contributed by atoms with van der Waals surface area (Å²) >= 11 is 0.